The van der Waals surface area contributed by atoms with Crippen LogP contribution in [0.2, 0.25) is 0 Å². The molecule has 0 bridgehead atoms. The van der Waals surface area contributed by atoms with Gasteiger partial charge in [-0.1, -0.05) is 26.8 Å². The minimum atomic E-state index is 0.388. The smallest absolute Gasteiger partial charge is 0.102 e. The van der Waals surface area contributed by atoms with Crippen LogP contribution in [0.5, 0.6) is 0 Å². The molecule has 3 heteroatoms. The topological polar surface area (TPSA) is 35.8 Å². The zero-order chi connectivity index (χ0) is 13.5. The van der Waals surface area contributed by atoms with Crippen LogP contribution in [0.25, 0.3) is 0 Å². The Bertz CT molecular complexity index is 421. The number of hydrogen-bond acceptors (Lipinski definition) is 3. The molecule has 0 heterocycles. The summed E-state index contributed by atoms with van der Waals surface area (Å²) >= 11 is 1.72. The quantitative estimate of drug-likeness (QED) is 0.766. The Balaban J connectivity index is 2.88. The summed E-state index contributed by atoms with van der Waals surface area (Å²) in [4.78, 5) is 1.07. The van der Waals surface area contributed by atoms with E-state index in [-0.39, 0.29) is 0 Å². The van der Waals surface area contributed by atoms with Crippen molar-refractivity contribution in [1.29, 1.82) is 5.26 Å². The summed E-state index contributed by atoms with van der Waals surface area (Å²) in [5.74, 6) is 1.64. The van der Waals surface area contributed by atoms with Crippen molar-refractivity contribution in [3.05, 3.63) is 23.8 Å². The van der Waals surface area contributed by atoms with Gasteiger partial charge in [0.05, 0.1) is 11.3 Å². The second kappa shape index (κ2) is 7.33. The number of nitriles is 1. The first-order valence-corrected chi connectivity index (χ1v) is 7.49. The number of hydrogen-bond donors (Lipinski definition) is 1. The Labute approximate surface area is 115 Å². The molecule has 1 unspecified atom stereocenters. The highest BCUT2D eigenvalue weighted by Gasteiger charge is 2.11. The summed E-state index contributed by atoms with van der Waals surface area (Å²) < 4.78 is 0. The van der Waals surface area contributed by atoms with Crippen LogP contribution in [0.3, 0.4) is 0 Å². The van der Waals surface area contributed by atoms with E-state index in [1.165, 1.54) is 0 Å². The van der Waals surface area contributed by atoms with Gasteiger partial charge < -0.3 is 5.32 Å². The largest absolute Gasteiger partial charge is 0.381 e. The maximum Gasteiger partial charge on any atom is 0.102 e. The molecule has 0 saturated carbocycles. The first-order valence-electron chi connectivity index (χ1n) is 6.50. The maximum atomic E-state index is 9.32. The van der Waals surface area contributed by atoms with Crippen molar-refractivity contribution in [2.24, 2.45) is 5.92 Å². The third-order valence-corrected chi connectivity index (χ3v) is 3.60. The third-order valence-electron chi connectivity index (χ3n) is 2.66. The molecule has 0 spiro atoms. The Hall–Kier alpha value is -1.14. The van der Waals surface area contributed by atoms with Gasteiger partial charge in [-0.05, 0) is 37.1 Å². The molecule has 0 aromatic heterocycles. The summed E-state index contributed by atoms with van der Waals surface area (Å²) in [5, 5.41) is 12.8. The molecular formula is C15H22N2S. The van der Waals surface area contributed by atoms with E-state index in [0.29, 0.717) is 12.0 Å². The molecule has 1 N–H and O–H groups in total. The van der Waals surface area contributed by atoms with Crippen LogP contribution in [-0.4, -0.2) is 11.8 Å². The van der Waals surface area contributed by atoms with Crippen LogP contribution in [0, 0.1) is 17.2 Å². The molecule has 1 aromatic carbocycles. The van der Waals surface area contributed by atoms with Crippen LogP contribution < -0.4 is 5.32 Å². The molecule has 0 saturated heterocycles. The summed E-state index contributed by atoms with van der Waals surface area (Å²) in [6.07, 6.45) is 1.11. The molecule has 0 radical (unpaired) electrons. The highest BCUT2D eigenvalue weighted by molar-refractivity contribution is 7.99. The molecule has 1 rings (SSSR count). The van der Waals surface area contributed by atoms with Crippen molar-refractivity contribution < 1.29 is 0 Å². The average molecular weight is 262 g/mol. The van der Waals surface area contributed by atoms with Crippen molar-refractivity contribution >= 4 is 17.4 Å². The number of anilines is 1. The van der Waals surface area contributed by atoms with Gasteiger partial charge in [-0.3, -0.25) is 0 Å². The van der Waals surface area contributed by atoms with Crippen molar-refractivity contribution in [3.63, 3.8) is 0 Å². The standard InChI is InChI=1S/C15H22N2S/c1-5-18-15-8-6-7-14(13(15)10-16)17-12(4)9-11(2)3/h6-8,11-12,17H,5,9H2,1-4H3. The minimum Gasteiger partial charge on any atom is -0.381 e. The number of nitrogens with one attached hydrogen (secondary N) is 1. The Morgan fingerprint density at radius 3 is 2.61 bits per heavy atom. The van der Waals surface area contributed by atoms with Gasteiger partial charge in [0, 0.05) is 10.9 Å². The van der Waals surface area contributed by atoms with Gasteiger partial charge >= 0.3 is 0 Å². The Kier molecular flexibility index (Phi) is 6.07. The van der Waals surface area contributed by atoms with Gasteiger partial charge in [0.25, 0.3) is 0 Å². The van der Waals surface area contributed by atoms with Crippen molar-refractivity contribution in [1.82, 2.24) is 0 Å². The van der Waals surface area contributed by atoms with Crippen LogP contribution >= 0.6 is 11.8 Å². The molecule has 18 heavy (non-hydrogen) atoms. The highest BCUT2D eigenvalue weighted by atomic mass is 32.2. The fourth-order valence-electron chi connectivity index (χ4n) is 2.07. The summed E-state index contributed by atoms with van der Waals surface area (Å²) in [5.41, 5.74) is 1.74. The molecule has 0 aliphatic heterocycles. The lowest BCUT2D eigenvalue weighted by molar-refractivity contribution is 0.539. The maximum absolute atomic E-state index is 9.32. The van der Waals surface area contributed by atoms with Gasteiger partial charge in [0.15, 0.2) is 0 Å². The van der Waals surface area contributed by atoms with E-state index in [4.69, 9.17) is 0 Å². The van der Waals surface area contributed by atoms with E-state index in [1.54, 1.807) is 11.8 Å². The van der Waals surface area contributed by atoms with E-state index < -0.39 is 0 Å². The molecule has 0 amide bonds. The van der Waals surface area contributed by atoms with Crippen LogP contribution in [0.15, 0.2) is 23.1 Å². The molecule has 2 nitrogen and oxygen atoms in total. The fourth-order valence-corrected chi connectivity index (χ4v) is 2.86. The van der Waals surface area contributed by atoms with Crippen molar-refractivity contribution in [3.8, 4) is 6.07 Å². The zero-order valence-corrected chi connectivity index (χ0v) is 12.5. The molecule has 1 atom stereocenters. The van der Waals surface area contributed by atoms with E-state index in [0.717, 1.165) is 28.3 Å². The number of rotatable bonds is 6. The lowest BCUT2D eigenvalue weighted by Crippen LogP contribution is -2.18. The first-order chi connectivity index (χ1) is 8.58. The highest BCUT2D eigenvalue weighted by Crippen LogP contribution is 2.28. The zero-order valence-electron chi connectivity index (χ0n) is 11.7. The molecule has 98 valence electrons. The van der Waals surface area contributed by atoms with Crippen molar-refractivity contribution in [2.75, 3.05) is 11.1 Å². The van der Waals surface area contributed by atoms with E-state index >= 15 is 0 Å². The monoisotopic (exact) mass is 262 g/mol. The van der Waals surface area contributed by atoms with Gasteiger partial charge in [0.2, 0.25) is 0 Å². The van der Waals surface area contributed by atoms with E-state index in [9.17, 15) is 5.26 Å². The molecular weight excluding hydrogens is 240 g/mol. The van der Waals surface area contributed by atoms with Gasteiger partial charge in [-0.25, -0.2) is 0 Å². The predicted octanol–water partition coefficient (Wildman–Crippen LogP) is 4.52. The molecule has 0 fully saturated rings. The lowest BCUT2D eigenvalue weighted by atomic mass is 10.0. The second-order valence-corrected chi connectivity index (χ2v) is 6.20. The van der Waals surface area contributed by atoms with Crippen LogP contribution in [0.1, 0.15) is 39.7 Å². The lowest BCUT2D eigenvalue weighted by Gasteiger charge is -2.19. The molecule has 1 aromatic rings. The number of nitrogens with zero attached hydrogens (tertiary/aromatic N) is 1. The first kappa shape index (κ1) is 14.9. The van der Waals surface area contributed by atoms with Crippen molar-refractivity contribution in [2.45, 2.75) is 45.1 Å². The second-order valence-electron chi connectivity index (χ2n) is 4.90. The van der Waals surface area contributed by atoms with Gasteiger partial charge in [-0.15, -0.1) is 11.8 Å². The average Bonchev–Trinajstić information content (AvgIpc) is 2.28. The van der Waals surface area contributed by atoms with Crippen LogP contribution in [-0.2, 0) is 0 Å². The summed E-state index contributed by atoms with van der Waals surface area (Å²) in [7, 11) is 0. The summed E-state index contributed by atoms with van der Waals surface area (Å²) in [6, 6.07) is 8.74. The Morgan fingerprint density at radius 1 is 1.33 bits per heavy atom. The SMILES string of the molecule is CCSc1cccc(NC(C)CC(C)C)c1C#N. The van der Waals surface area contributed by atoms with E-state index in [1.807, 2.05) is 18.2 Å². The fraction of sp³-hybridized carbons (Fsp3) is 0.533. The van der Waals surface area contributed by atoms with E-state index in [2.05, 4.69) is 39.1 Å². The molecule has 0 aliphatic carbocycles. The molecule has 0 aliphatic rings. The summed E-state index contributed by atoms with van der Waals surface area (Å²) in [6.45, 7) is 8.70. The predicted molar refractivity (Wildman–Crippen MR) is 80.1 cm³/mol. The minimum absolute atomic E-state index is 0.388. The Morgan fingerprint density at radius 2 is 2.06 bits per heavy atom. The normalized spacial score (nSPS) is 12.2. The van der Waals surface area contributed by atoms with Gasteiger partial charge in [0.1, 0.15) is 6.07 Å². The van der Waals surface area contributed by atoms with Crippen LogP contribution in [0.4, 0.5) is 5.69 Å². The van der Waals surface area contributed by atoms with Gasteiger partial charge in [-0.2, -0.15) is 5.26 Å². The number of thioether (sulfide) groups is 1. The number of benzene rings is 1. The third kappa shape index (κ3) is 4.27.